The summed E-state index contributed by atoms with van der Waals surface area (Å²) in [5.41, 5.74) is 2.25. The zero-order chi connectivity index (χ0) is 19.2. The molecule has 0 bridgehead atoms. The summed E-state index contributed by atoms with van der Waals surface area (Å²) in [6.45, 7) is 2.31. The number of anilines is 1. The zero-order valence-corrected chi connectivity index (χ0v) is 16.0. The van der Waals surface area contributed by atoms with Gasteiger partial charge in [-0.1, -0.05) is 19.1 Å². The molecule has 0 saturated heterocycles. The average molecular weight is 387 g/mol. The number of rotatable bonds is 6. The Morgan fingerprint density at radius 1 is 1.22 bits per heavy atom. The highest BCUT2D eigenvalue weighted by molar-refractivity contribution is 7.17. The average Bonchev–Trinajstić information content (AvgIpc) is 3.03. The molecule has 0 radical (unpaired) electrons. The van der Waals surface area contributed by atoms with Gasteiger partial charge in [0.1, 0.15) is 10.8 Å². The molecule has 0 spiro atoms. The van der Waals surface area contributed by atoms with E-state index in [2.05, 4.69) is 5.32 Å². The predicted molar refractivity (Wildman–Crippen MR) is 106 cm³/mol. The van der Waals surface area contributed by atoms with Crippen LogP contribution < -0.4 is 5.32 Å². The van der Waals surface area contributed by atoms with E-state index in [1.807, 2.05) is 6.92 Å². The van der Waals surface area contributed by atoms with Gasteiger partial charge >= 0.3 is 5.97 Å². The highest BCUT2D eigenvalue weighted by Gasteiger charge is 2.27. The molecule has 4 nitrogen and oxygen atoms in total. The Labute approximate surface area is 162 Å². The number of amides is 1. The summed E-state index contributed by atoms with van der Waals surface area (Å²) < 4.78 is 18.3. The molecule has 1 aromatic carbocycles. The number of hydrogen-bond donors (Lipinski definition) is 1. The van der Waals surface area contributed by atoms with Gasteiger partial charge in [0, 0.05) is 11.0 Å². The topological polar surface area (TPSA) is 55.4 Å². The van der Waals surface area contributed by atoms with Gasteiger partial charge in [-0.15, -0.1) is 11.3 Å². The number of aryl methyl sites for hydroxylation is 1. The van der Waals surface area contributed by atoms with E-state index >= 15 is 0 Å². The van der Waals surface area contributed by atoms with Crippen molar-refractivity contribution in [2.45, 2.75) is 39.0 Å². The fraction of sp³-hybridized carbons (Fsp3) is 0.333. The largest absolute Gasteiger partial charge is 0.462 e. The summed E-state index contributed by atoms with van der Waals surface area (Å²) in [6, 6.07) is 5.87. The molecular formula is C21H22FNO3S. The number of fused-ring (bicyclic) bond motifs is 1. The Bertz CT molecular complexity index is 855. The van der Waals surface area contributed by atoms with Gasteiger partial charge in [0.15, 0.2) is 0 Å². The third-order valence-electron chi connectivity index (χ3n) is 4.35. The Kier molecular flexibility index (Phi) is 6.40. The van der Waals surface area contributed by atoms with E-state index in [0.717, 1.165) is 48.1 Å². The molecule has 142 valence electrons. The molecule has 0 unspecified atom stereocenters. The molecule has 1 N–H and O–H groups in total. The first-order valence-electron chi connectivity index (χ1n) is 9.14. The lowest BCUT2D eigenvalue weighted by atomic mass is 9.95. The lowest BCUT2D eigenvalue weighted by Crippen LogP contribution is -2.14. The molecule has 6 heteroatoms. The van der Waals surface area contributed by atoms with E-state index in [-0.39, 0.29) is 17.7 Å². The lowest BCUT2D eigenvalue weighted by molar-refractivity contribution is -0.111. The number of hydrogen-bond acceptors (Lipinski definition) is 4. The third kappa shape index (κ3) is 4.83. The quantitative estimate of drug-likeness (QED) is 0.561. The molecule has 27 heavy (non-hydrogen) atoms. The van der Waals surface area contributed by atoms with Crippen LogP contribution in [0.1, 0.15) is 52.5 Å². The number of thiophene rings is 1. The second-order valence-corrected chi connectivity index (χ2v) is 7.53. The van der Waals surface area contributed by atoms with Crippen molar-refractivity contribution >= 4 is 34.3 Å². The van der Waals surface area contributed by atoms with Crippen molar-refractivity contribution in [1.82, 2.24) is 0 Å². The van der Waals surface area contributed by atoms with E-state index in [0.29, 0.717) is 17.2 Å². The predicted octanol–water partition coefficient (Wildman–Crippen LogP) is 4.98. The fourth-order valence-corrected chi connectivity index (χ4v) is 4.32. The molecule has 1 aliphatic rings. The molecule has 0 fully saturated rings. The molecule has 0 aliphatic heterocycles. The number of ether oxygens (including phenoxy) is 1. The van der Waals surface area contributed by atoms with Crippen molar-refractivity contribution < 1.29 is 18.7 Å². The molecule has 1 aromatic heterocycles. The molecule has 0 atom stereocenters. The first kappa shape index (κ1) is 19.3. The van der Waals surface area contributed by atoms with Crippen LogP contribution in [0.25, 0.3) is 6.08 Å². The van der Waals surface area contributed by atoms with Gasteiger partial charge in [0.05, 0.1) is 12.2 Å². The molecule has 1 amide bonds. The second kappa shape index (κ2) is 8.95. The maximum absolute atomic E-state index is 12.9. The van der Waals surface area contributed by atoms with E-state index < -0.39 is 0 Å². The maximum atomic E-state index is 12.9. The SMILES string of the molecule is CCCOC(=O)c1c(NC(=O)/C=C/c2ccc(F)cc2)sc2c1CCCC2. The smallest absolute Gasteiger partial charge is 0.341 e. The minimum atomic E-state index is -0.367. The Balaban J connectivity index is 1.78. The summed E-state index contributed by atoms with van der Waals surface area (Å²) in [7, 11) is 0. The van der Waals surface area contributed by atoms with Crippen LogP contribution in [0.3, 0.4) is 0 Å². The van der Waals surface area contributed by atoms with Gasteiger partial charge in [-0.25, -0.2) is 9.18 Å². The Hall–Kier alpha value is -2.47. The highest BCUT2D eigenvalue weighted by Crippen LogP contribution is 2.38. The third-order valence-corrected chi connectivity index (χ3v) is 5.55. The summed E-state index contributed by atoms with van der Waals surface area (Å²) in [5.74, 6) is -1.02. The van der Waals surface area contributed by atoms with Gasteiger partial charge in [-0.2, -0.15) is 0 Å². The summed E-state index contributed by atoms with van der Waals surface area (Å²) in [4.78, 5) is 26.0. The van der Waals surface area contributed by atoms with Crippen LogP contribution in [-0.2, 0) is 22.4 Å². The molecule has 1 aliphatic carbocycles. The Morgan fingerprint density at radius 2 is 1.96 bits per heavy atom. The number of nitrogens with one attached hydrogen (secondary N) is 1. The van der Waals surface area contributed by atoms with E-state index in [1.165, 1.54) is 29.5 Å². The zero-order valence-electron chi connectivity index (χ0n) is 15.2. The van der Waals surface area contributed by atoms with Crippen molar-refractivity contribution in [3.8, 4) is 0 Å². The molecule has 3 rings (SSSR count). The molecular weight excluding hydrogens is 365 g/mol. The van der Waals surface area contributed by atoms with Crippen molar-refractivity contribution in [2.24, 2.45) is 0 Å². The van der Waals surface area contributed by atoms with E-state index in [4.69, 9.17) is 4.74 Å². The van der Waals surface area contributed by atoms with Crippen LogP contribution in [0.2, 0.25) is 0 Å². The van der Waals surface area contributed by atoms with Gasteiger partial charge in [-0.05, 0) is 61.4 Å². The first-order chi connectivity index (χ1) is 13.1. The summed E-state index contributed by atoms with van der Waals surface area (Å²) in [5, 5.41) is 3.38. The van der Waals surface area contributed by atoms with Crippen LogP contribution in [0, 0.1) is 5.82 Å². The summed E-state index contributed by atoms with van der Waals surface area (Å²) in [6.07, 6.45) is 7.63. The van der Waals surface area contributed by atoms with Crippen LogP contribution in [0.5, 0.6) is 0 Å². The number of benzene rings is 1. The van der Waals surface area contributed by atoms with Gasteiger partial charge in [0.2, 0.25) is 5.91 Å². The first-order valence-corrected chi connectivity index (χ1v) is 9.96. The fourth-order valence-electron chi connectivity index (χ4n) is 3.04. The molecule has 1 heterocycles. The van der Waals surface area contributed by atoms with E-state index in [9.17, 15) is 14.0 Å². The minimum Gasteiger partial charge on any atom is -0.462 e. The van der Waals surface area contributed by atoms with Gasteiger partial charge in [0.25, 0.3) is 0 Å². The van der Waals surface area contributed by atoms with Crippen molar-refractivity contribution in [1.29, 1.82) is 0 Å². The normalized spacial score (nSPS) is 13.4. The summed E-state index contributed by atoms with van der Waals surface area (Å²) >= 11 is 1.46. The standard InChI is InChI=1S/C21H22FNO3S/c1-2-13-26-21(25)19-16-5-3-4-6-17(16)27-20(19)23-18(24)12-9-14-7-10-15(22)11-8-14/h7-12H,2-6,13H2,1H3,(H,23,24)/b12-9+. The van der Waals surface area contributed by atoms with Crippen LogP contribution >= 0.6 is 11.3 Å². The second-order valence-electron chi connectivity index (χ2n) is 6.43. The van der Waals surface area contributed by atoms with Gasteiger partial charge < -0.3 is 10.1 Å². The Morgan fingerprint density at radius 3 is 2.70 bits per heavy atom. The minimum absolute atomic E-state index is 0.323. The molecule has 2 aromatic rings. The van der Waals surface area contributed by atoms with Gasteiger partial charge in [-0.3, -0.25) is 4.79 Å². The number of carbonyl (C=O) groups is 2. The maximum Gasteiger partial charge on any atom is 0.341 e. The van der Waals surface area contributed by atoms with Crippen molar-refractivity contribution in [3.63, 3.8) is 0 Å². The van der Waals surface area contributed by atoms with Crippen LogP contribution in [-0.4, -0.2) is 18.5 Å². The number of carbonyl (C=O) groups excluding carboxylic acids is 2. The highest BCUT2D eigenvalue weighted by atomic mass is 32.1. The lowest BCUT2D eigenvalue weighted by Gasteiger charge is -2.12. The van der Waals surface area contributed by atoms with Crippen LogP contribution in [0.15, 0.2) is 30.3 Å². The number of halogens is 1. The molecule has 0 saturated carbocycles. The monoisotopic (exact) mass is 387 g/mol. The number of esters is 1. The van der Waals surface area contributed by atoms with E-state index in [1.54, 1.807) is 18.2 Å². The van der Waals surface area contributed by atoms with Crippen molar-refractivity contribution in [3.05, 3.63) is 57.7 Å². The van der Waals surface area contributed by atoms with Crippen LogP contribution in [0.4, 0.5) is 9.39 Å². The van der Waals surface area contributed by atoms with Crippen molar-refractivity contribution in [2.75, 3.05) is 11.9 Å².